The van der Waals surface area contributed by atoms with E-state index in [0.29, 0.717) is 12.0 Å². The molecule has 0 radical (unpaired) electrons. The second-order valence-corrected chi connectivity index (χ2v) is 7.02. The molecule has 0 amide bonds. The molecule has 0 aromatic carbocycles. The fraction of sp³-hybridized carbons (Fsp3) is 0.579. The summed E-state index contributed by atoms with van der Waals surface area (Å²) in [4.78, 5) is 13.9. The van der Waals surface area contributed by atoms with Gasteiger partial charge in [0.25, 0.3) is 0 Å². The predicted octanol–water partition coefficient (Wildman–Crippen LogP) is 2.36. The smallest absolute Gasteiger partial charge is 0.225 e. The molecule has 2 atom stereocenters. The molecule has 6 heteroatoms. The second-order valence-electron chi connectivity index (χ2n) is 7.02. The third kappa shape index (κ3) is 3.85. The van der Waals surface area contributed by atoms with Gasteiger partial charge in [0.1, 0.15) is 0 Å². The number of ether oxygens (including phenoxy) is 1. The van der Waals surface area contributed by atoms with Crippen LogP contribution in [0.15, 0.2) is 35.4 Å². The molecular formula is C19H26N4O2. The van der Waals surface area contributed by atoms with Gasteiger partial charge in [-0.3, -0.25) is 4.90 Å². The molecule has 0 N–H and O–H groups in total. The molecule has 0 spiro atoms. The normalized spacial score (nSPS) is 24.8. The van der Waals surface area contributed by atoms with Crippen LogP contribution in [0.5, 0.6) is 0 Å². The largest absolute Gasteiger partial charge is 0.472 e. The summed E-state index contributed by atoms with van der Waals surface area (Å²) in [6.07, 6.45) is 9.87. The lowest BCUT2D eigenvalue weighted by molar-refractivity contribution is -0.0239. The van der Waals surface area contributed by atoms with E-state index in [-0.39, 0.29) is 0 Å². The summed E-state index contributed by atoms with van der Waals surface area (Å²) in [7, 11) is 0. The van der Waals surface area contributed by atoms with Crippen LogP contribution in [0.25, 0.3) is 0 Å². The van der Waals surface area contributed by atoms with Crippen LogP contribution in [0.4, 0.5) is 5.95 Å². The van der Waals surface area contributed by atoms with Crippen LogP contribution < -0.4 is 4.90 Å². The SMILES string of the molecule is CCc1cnc(N2CCO[C@@H]3CN(Cc4ccoc4)CC[C@H]3C2)nc1. The van der Waals surface area contributed by atoms with Gasteiger partial charge in [0.05, 0.1) is 25.2 Å². The highest BCUT2D eigenvalue weighted by atomic mass is 16.5. The molecule has 0 unspecified atom stereocenters. The quantitative estimate of drug-likeness (QED) is 0.850. The Hall–Kier alpha value is -1.92. The maximum Gasteiger partial charge on any atom is 0.225 e. The summed E-state index contributed by atoms with van der Waals surface area (Å²) in [6, 6.07) is 2.04. The molecule has 0 bridgehead atoms. The molecule has 2 aliphatic heterocycles. The van der Waals surface area contributed by atoms with Crippen molar-refractivity contribution >= 4 is 5.95 Å². The number of likely N-dealkylation sites (tertiary alicyclic amines) is 1. The fourth-order valence-corrected chi connectivity index (χ4v) is 3.78. The molecule has 2 fully saturated rings. The molecule has 4 rings (SSSR count). The molecule has 6 nitrogen and oxygen atoms in total. The molecule has 2 aliphatic rings. The van der Waals surface area contributed by atoms with E-state index in [9.17, 15) is 0 Å². The van der Waals surface area contributed by atoms with Crippen molar-refractivity contribution in [3.63, 3.8) is 0 Å². The zero-order valence-electron chi connectivity index (χ0n) is 14.8. The molecular weight excluding hydrogens is 316 g/mol. The van der Waals surface area contributed by atoms with E-state index < -0.39 is 0 Å². The van der Waals surface area contributed by atoms with Crippen molar-refractivity contribution in [1.82, 2.24) is 14.9 Å². The summed E-state index contributed by atoms with van der Waals surface area (Å²) in [5.41, 5.74) is 2.42. The van der Waals surface area contributed by atoms with Gasteiger partial charge in [-0.25, -0.2) is 9.97 Å². The van der Waals surface area contributed by atoms with E-state index in [0.717, 1.165) is 58.1 Å². The molecule has 0 saturated carbocycles. The van der Waals surface area contributed by atoms with E-state index >= 15 is 0 Å². The van der Waals surface area contributed by atoms with Gasteiger partial charge in [0.15, 0.2) is 0 Å². The topological polar surface area (TPSA) is 54.6 Å². The van der Waals surface area contributed by atoms with E-state index in [1.165, 1.54) is 11.1 Å². The van der Waals surface area contributed by atoms with Gasteiger partial charge in [-0.15, -0.1) is 0 Å². The number of aryl methyl sites for hydroxylation is 1. The van der Waals surface area contributed by atoms with Crippen LogP contribution in [0.1, 0.15) is 24.5 Å². The van der Waals surface area contributed by atoms with E-state index in [4.69, 9.17) is 9.15 Å². The molecule has 134 valence electrons. The van der Waals surface area contributed by atoms with E-state index in [1.54, 1.807) is 6.26 Å². The lowest BCUT2D eigenvalue weighted by Gasteiger charge is -2.37. The summed E-state index contributed by atoms with van der Waals surface area (Å²) >= 11 is 0. The van der Waals surface area contributed by atoms with Gasteiger partial charge in [-0.2, -0.15) is 0 Å². The van der Waals surface area contributed by atoms with Crippen LogP contribution in [-0.2, 0) is 17.7 Å². The van der Waals surface area contributed by atoms with E-state index in [2.05, 4.69) is 26.7 Å². The van der Waals surface area contributed by atoms with Crippen LogP contribution in [-0.4, -0.2) is 53.8 Å². The summed E-state index contributed by atoms with van der Waals surface area (Å²) in [5, 5.41) is 0. The van der Waals surface area contributed by atoms with Crippen molar-refractivity contribution in [3.8, 4) is 0 Å². The first kappa shape index (κ1) is 16.5. The number of anilines is 1. The Bertz CT molecular complexity index is 659. The number of hydrogen-bond donors (Lipinski definition) is 0. The van der Waals surface area contributed by atoms with Crippen molar-refractivity contribution in [2.45, 2.75) is 32.4 Å². The predicted molar refractivity (Wildman–Crippen MR) is 95.5 cm³/mol. The highest BCUT2D eigenvalue weighted by molar-refractivity contribution is 5.30. The van der Waals surface area contributed by atoms with Crippen molar-refractivity contribution in [3.05, 3.63) is 42.1 Å². The number of nitrogens with zero attached hydrogens (tertiary/aromatic N) is 4. The Balaban J connectivity index is 1.39. The monoisotopic (exact) mass is 342 g/mol. The molecule has 2 saturated heterocycles. The standard InChI is InChI=1S/C19H26N4O2/c1-2-15-9-20-19(21-10-15)23-6-8-25-18-13-22(5-3-17(18)12-23)11-16-4-7-24-14-16/h4,7,9-10,14,17-18H,2-3,5-6,8,11-13H2,1H3/t17-,18+/m0/s1. The van der Waals surface area contributed by atoms with E-state index in [1.807, 2.05) is 24.7 Å². The van der Waals surface area contributed by atoms with Gasteiger partial charge < -0.3 is 14.1 Å². The Morgan fingerprint density at radius 1 is 1.16 bits per heavy atom. The van der Waals surface area contributed by atoms with Gasteiger partial charge >= 0.3 is 0 Å². The first-order valence-electron chi connectivity index (χ1n) is 9.22. The third-order valence-electron chi connectivity index (χ3n) is 5.30. The van der Waals surface area contributed by atoms with Crippen LogP contribution >= 0.6 is 0 Å². The molecule has 2 aromatic rings. The average Bonchev–Trinajstić information content (AvgIpc) is 3.06. The fourth-order valence-electron chi connectivity index (χ4n) is 3.78. The average molecular weight is 342 g/mol. The zero-order valence-corrected chi connectivity index (χ0v) is 14.8. The van der Waals surface area contributed by atoms with Crippen LogP contribution in [0.2, 0.25) is 0 Å². The first-order valence-corrected chi connectivity index (χ1v) is 9.22. The van der Waals surface area contributed by atoms with Crippen LogP contribution in [0, 0.1) is 5.92 Å². The van der Waals surface area contributed by atoms with Crippen molar-refractivity contribution in [2.24, 2.45) is 5.92 Å². The molecule has 4 heterocycles. The van der Waals surface area contributed by atoms with Crippen molar-refractivity contribution < 1.29 is 9.15 Å². The number of piperidine rings is 1. The van der Waals surface area contributed by atoms with Gasteiger partial charge in [-0.1, -0.05) is 6.92 Å². The Morgan fingerprint density at radius 2 is 2.04 bits per heavy atom. The lowest BCUT2D eigenvalue weighted by atomic mass is 9.93. The third-order valence-corrected chi connectivity index (χ3v) is 5.30. The van der Waals surface area contributed by atoms with Gasteiger partial charge in [0, 0.05) is 50.1 Å². The minimum Gasteiger partial charge on any atom is -0.472 e. The lowest BCUT2D eigenvalue weighted by Crippen LogP contribution is -2.46. The summed E-state index contributed by atoms with van der Waals surface area (Å²) in [5.74, 6) is 1.37. The number of rotatable bonds is 4. The Morgan fingerprint density at radius 3 is 2.80 bits per heavy atom. The number of furan rings is 1. The number of aromatic nitrogens is 2. The Labute approximate surface area is 148 Å². The highest BCUT2D eigenvalue weighted by Gasteiger charge is 2.34. The molecule has 25 heavy (non-hydrogen) atoms. The number of hydrogen-bond acceptors (Lipinski definition) is 6. The summed E-state index contributed by atoms with van der Waals surface area (Å²) in [6.45, 7) is 7.72. The minimum absolute atomic E-state index is 0.292. The van der Waals surface area contributed by atoms with Crippen molar-refractivity contribution in [2.75, 3.05) is 37.7 Å². The summed E-state index contributed by atoms with van der Waals surface area (Å²) < 4.78 is 11.4. The highest BCUT2D eigenvalue weighted by Crippen LogP contribution is 2.26. The molecule has 0 aliphatic carbocycles. The second kappa shape index (κ2) is 7.54. The first-order chi connectivity index (χ1) is 12.3. The minimum atomic E-state index is 0.292. The maximum absolute atomic E-state index is 6.19. The molecule has 2 aromatic heterocycles. The number of fused-ring (bicyclic) bond motifs is 1. The zero-order chi connectivity index (χ0) is 17.1. The Kier molecular flexibility index (Phi) is 4.99. The maximum atomic E-state index is 6.19. The van der Waals surface area contributed by atoms with Gasteiger partial charge in [0.2, 0.25) is 5.95 Å². The van der Waals surface area contributed by atoms with Gasteiger partial charge in [-0.05, 0) is 31.0 Å². The van der Waals surface area contributed by atoms with Crippen molar-refractivity contribution in [1.29, 1.82) is 0 Å². The van der Waals surface area contributed by atoms with Crippen LogP contribution in [0.3, 0.4) is 0 Å².